The molecule has 0 spiro atoms. The van der Waals surface area contributed by atoms with Crippen molar-refractivity contribution in [3.8, 4) is 11.4 Å². The lowest BCUT2D eigenvalue weighted by atomic mass is 10.1. The van der Waals surface area contributed by atoms with E-state index in [4.69, 9.17) is 4.52 Å². The number of nitrogens with zero attached hydrogens (tertiary/aromatic N) is 4. The van der Waals surface area contributed by atoms with E-state index in [2.05, 4.69) is 20.4 Å². The Morgan fingerprint density at radius 1 is 1.32 bits per heavy atom. The van der Waals surface area contributed by atoms with Gasteiger partial charge in [0.15, 0.2) is 4.96 Å². The lowest BCUT2D eigenvalue weighted by molar-refractivity contribution is 0.0930. The van der Waals surface area contributed by atoms with Crippen molar-refractivity contribution in [2.75, 3.05) is 0 Å². The molecule has 3 heterocycles. The summed E-state index contributed by atoms with van der Waals surface area (Å²) >= 11 is 1.39. The number of aromatic nitrogens is 4. The van der Waals surface area contributed by atoms with Crippen LogP contribution in [0.3, 0.4) is 0 Å². The Hall–Kier alpha value is -3.33. The highest BCUT2D eigenvalue weighted by Crippen LogP contribution is 2.20. The van der Waals surface area contributed by atoms with E-state index in [1.807, 2.05) is 38.1 Å². The first kappa shape index (κ1) is 18.1. The number of rotatable bonds is 4. The summed E-state index contributed by atoms with van der Waals surface area (Å²) in [7, 11) is 0. The van der Waals surface area contributed by atoms with Crippen molar-refractivity contribution in [3.05, 3.63) is 68.9 Å². The third-order valence-corrected chi connectivity index (χ3v) is 5.12. The van der Waals surface area contributed by atoms with Gasteiger partial charge in [0.25, 0.3) is 11.5 Å². The summed E-state index contributed by atoms with van der Waals surface area (Å²) < 4.78 is 6.67. The highest BCUT2D eigenvalue weighted by atomic mass is 32.1. The molecule has 1 amide bonds. The summed E-state index contributed by atoms with van der Waals surface area (Å²) in [5.41, 5.74) is 1.46. The molecule has 1 aromatic carbocycles. The highest BCUT2D eigenvalue weighted by molar-refractivity contribution is 7.16. The summed E-state index contributed by atoms with van der Waals surface area (Å²) in [6.45, 7) is 5.57. The van der Waals surface area contributed by atoms with E-state index >= 15 is 0 Å². The number of fused-ring (bicyclic) bond motifs is 1. The Morgan fingerprint density at radius 2 is 2.14 bits per heavy atom. The molecule has 4 aromatic rings. The number of carbonyl (C=O) groups is 1. The van der Waals surface area contributed by atoms with Gasteiger partial charge in [0.1, 0.15) is 11.6 Å². The van der Waals surface area contributed by atoms with Gasteiger partial charge in [0, 0.05) is 22.8 Å². The van der Waals surface area contributed by atoms with E-state index in [0.717, 1.165) is 16.0 Å². The van der Waals surface area contributed by atoms with Gasteiger partial charge in [-0.15, -0.1) is 11.3 Å². The number of hydrogen-bond acceptors (Lipinski definition) is 7. The molecule has 0 saturated heterocycles. The monoisotopic (exact) mass is 395 g/mol. The molecular weight excluding hydrogens is 378 g/mol. The third-order valence-electron chi connectivity index (χ3n) is 4.20. The van der Waals surface area contributed by atoms with Gasteiger partial charge in [0.05, 0.1) is 0 Å². The molecule has 0 saturated carbocycles. The van der Waals surface area contributed by atoms with Crippen LogP contribution >= 0.6 is 11.3 Å². The minimum absolute atomic E-state index is 0.0411. The molecule has 4 rings (SSSR count). The Labute approximate surface area is 163 Å². The Balaban J connectivity index is 1.55. The summed E-state index contributed by atoms with van der Waals surface area (Å²) in [4.78, 5) is 35.1. The number of thiazole rings is 1. The number of nitrogens with one attached hydrogen (secondary N) is 1. The lowest BCUT2D eigenvalue weighted by Gasteiger charge is -2.09. The third kappa shape index (κ3) is 3.31. The second-order valence-electron chi connectivity index (χ2n) is 6.49. The predicted octanol–water partition coefficient (Wildman–Crippen LogP) is 2.91. The molecule has 0 fully saturated rings. The second kappa shape index (κ2) is 7.01. The van der Waals surface area contributed by atoms with E-state index in [1.54, 1.807) is 13.1 Å². The number of benzene rings is 1. The molecule has 28 heavy (non-hydrogen) atoms. The van der Waals surface area contributed by atoms with Gasteiger partial charge in [-0.2, -0.15) is 4.98 Å². The molecule has 0 unspecified atom stereocenters. The minimum atomic E-state index is -0.567. The molecule has 142 valence electrons. The minimum Gasteiger partial charge on any atom is -0.340 e. The van der Waals surface area contributed by atoms with E-state index in [1.165, 1.54) is 21.9 Å². The fourth-order valence-electron chi connectivity index (χ4n) is 2.80. The van der Waals surface area contributed by atoms with Crippen molar-refractivity contribution in [2.45, 2.75) is 26.8 Å². The zero-order chi connectivity index (χ0) is 19.8. The van der Waals surface area contributed by atoms with E-state index in [9.17, 15) is 9.59 Å². The molecule has 0 aliphatic heterocycles. The quantitative estimate of drug-likeness (QED) is 0.570. The standard InChI is InChI=1S/C19H17N5O3S/c1-10-5-4-6-13(7-10)15-22-17(27-23-15)12(3)21-16(25)14-8-20-19-24(18(14)26)9-11(2)28-19/h4-9,12H,1-3H3,(H,21,25)/t12-/m0/s1. The van der Waals surface area contributed by atoms with Crippen LogP contribution in [0, 0.1) is 13.8 Å². The molecule has 3 aromatic heterocycles. The number of aryl methyl sites for hydroxylation is 2. The van der Waals surface area contributed by atoms with Gasteiger partial charge < -0.3 is 9.84 Å². The largest absolute Gasteiger partial charge is 0.340 e. The smallest absolute Gasteiger partial charge is 0.271 e. The van der Waals surface area contributed by atoms with Crippen LogP contribution in [0.2, 0.25) is 0 Å². The van der Waals surface area contributed by atoms with Crippen LogP contribution < -0.4 is 10.9 Å². The molecule has 9 heteroatoms. The first-order valence-corrected chi connectivity index (χ1v) is 9.43. The van der Waals surface area contributed by atoms with Crippen LogP contribution in [0.25, 0.3) is 16.3 Å². The van der Waals surface area contributed by atoms with E-state index in [0.29, 0.717) is 10.8 Å². The van der Waals surface area contributed by atoms with Gasteiger partial charge in [-0.1, -0.05) is 28.9 Å². The van der Waals surface area contributed by atoms with Crippen molar-refractivity contribution in [2.24, 2.45) is 0 Å². The van der Waals surface area contributed by atoms with Crippen LogP contribution in [0.4, 0.5) is 0 Å². The van der Waals surface area contributed by atoms with Crippen molar-refractivity contribution >= 4 is 22.2 Å². The number of carbonyl (C=O) groups excluding carboxylic acids is 1. The molecule has 0 aliphatic carbocycles. The Morgan fingerprint density at radius 3 is 2.93 bits per heavy atom. The zero-order valence-electron chi connectivity index (χ0n) is 15.5. The van der Waals surface area contributed by atoms with Gasteiger partial charge in [0.2, 0.25) is 11.7 Å². The lowest BCUT2D eigenvalue weighted by Crippen LogP contribution is -2.33. The van der Waals surface area contributed by atoms with Gasteiger partial charge >= 0.3 is 0 Å². The summed E-state index contributed by atoms with van der Waals surface area (Å²) in [6, 6.07) is 7.15. The Bertz CT molecular complexity index is 1240. The van der Waals surface area contributed by atoms with Crippen LogP contribution in [0.5, 0.6) is 0 Å². The maximum atomic E-state index is 12.6. The summed E-state index contributed by atoms with van der Waals surface area (Å²) in [5, 5.41) is 6.69. The fourth-order valence-corrected chi connectivity index (χ4v) is 3.59. The molecule has 0 bridgehead atoms. The zero-order valence-corrected chi connectivity index (χ0v) is 16.3. The average Bonchev–Trinajstić information content (AvgIpc) is 3.28. The fraction of sp³-hybridized carbons (Fsp3) is 0.211. The van der Waals surface area contributed by atoms with E-state index in [-0.39, 0.29) is 11.5 Å². The average molecular weight is 395 g/mol. The van der Waals surface area contributed by atoms with Crippen molar-refractivity contribution in [1.29, 1.82) is 0 Å². The number of amides is 1. The van der Waals surface area contributed by atoms with Crippen LogP contribution in [0.15, 0.2) is 46.0 Å². The van der Waals surface area contributed by atoms with Gasteiger partial charge in [-0.05, 0) is 26.8 Å². The number of hydrogen-bond donors (Lipinski definition) is 1. The maximum Gasteiger partial charge on any atom is 0.271 e. The molecule has 8 nitrogen and oxygen atoms in total. The predicted molar refractivity (Wildman–Crippen MR) is 104 cm³/mol. The molecule has 0 radical (unpaired) electrons. The summed E-state index contributed by atoms with van der Waals surface area (Å²) in [6.07, 6.45) is 2.96. The first-order valence-electron chi connectivity index (χ1n) is 8.61. The van der Waals surface area contributed by atoms with Crippen LogP contribution in [-0.2, 0) is 0 Å². The van der Waals surface area contributed by atoms with Crippen molar-refractivity contribution < 1.29 is 9.32 Å². The topological polar surface area (TPSA) is 102 Å². The molecule has 1 N–H and O–H groups in total. The first-order chi connectivity index (χ1) is 13.4. The van der Waals surface area contributed by atoms with Crippen LogP contribution in [-0.4, -0.2) is 25.4 Å². The van der Waals surface area contributed by atoms with Crippen molar-refractivity contribution in [1.82, 2.24) is 24.8 Å². The van der Waals surface area contributed by atoms with Crippen molar-refractivity contribution in [3.63, 3.8) is 0 Å². The molecule has 0 aliphatic rings. The summed E-state index contributed by atoms with van der Waals surface area (Å²) in [5.74, 6) is 0.153. The normalized spacial score (nSPS) is 12.2. The van der Waals surface area contributed by atoms with E-state index < -0.39 is 17.5 Å². The van der Waals surface area contributed by atoms with Crippen LogP contribution in [0.1, 0.15) is 39.7 Å². The Kier molecular flexibility index (Phi) is 4.52. The maximum absolute atomic E-state index is 12.6. The van der Waals surface area contributed by atoms with Gasteiger partial charge in [-0.25, -0.2) is 4.98 Å². The SMILES string of the molecule is Cc1cccc(-c2noc([C@H](C)NC(=O)c3cnc4sc(C)cn4c3=O)n2)c1. The molecule has 1 atom stereocenters. The van der Waals surface area contributed by atoms with Gasteiger partial charge in [-0.3, -0.25) is 14.0 Å². The second-order valence-corrected chi connectivity index (χ2v) is 7.71. The highest BCUT2D eigenvalue weighted by Gasteiger charge is 2.21. The molecular formula is C19H17N5O3S.